The highest BCUT2D eigenvalue weighted by atomic mass is 35.5. The van der Waals surface area contributed by atoms with Crippen molar-refractivity contribution < 1.29 is 9.53 Å². The maximum absolute atomic E-state index is 13.1. The Morgan fingerprint density at radius 3 is 2.78 bits per heavy atom. The van der Waals surface area contributed by atoms with Crippen LogP contribution in [0.3, 0.4) is 0 Å². The molecule has 0 bridgehead atoms. The second-order valence-electron chi connectivity index (χ2n) is 6.11. The lowest BCUT2D eigenvalue weighted by molar-refractivity contribution is -0.117. The van der Waals surface area contributed by atoms with E-state index in [0.717, 1.165) is 5.56 Å². The van der Waals surface area contributed by atoms with Gasteiger partial charge in [0.05, 0.1) is 17.9 Å². The van der Waals surface area contributed by atoms with Crippen molar-refractivity contribution in [3.05, 3.63) is 88.9 Å². The molecular weight excluding hydrogens is 362 g/mol. The Morgan fingerprint density at radius 2 is 2.00 bits per heavy atom. The van der Waals surface area contributed by atoms with Crippen LogP contribution in [-0.4, -0.2) is 10.9 Å². The lowest BCUT2D eigenvalue weighted by Crippen LogP contribution is -2.36. The number of hydrogen-bond donors (Lipinski definition) is 1. The van der Waals surface area contributed by atoms with Gasteiger partial charge in [-0.2, -0.15) is 0 Å². The topological polar surface area (TPSA) is 68.5 Å². The molecule has 1 aliphatic heterocycles. The summed E-state index contributed by atoms with van der Waals surface area (Å²) < 4.78 is 5.84. The third-order valence-electron chi connectivity index (χ3n) is 4.15. The van der Waals surface area contributed by atoms with Crippen molar-refractivity contribution in [3.8, 4) is 5.75 Å². The Hall–Kier alpha value is -3.31. The number of hydrogen-bond acceptors (Lipinski definition) is 4. The Balaban J connectivity index is 1.76. The number of carbonyl (C=O) groups excluding carboxylic acids is 1. The number of carbonyl (C=O) groups is 1. The molecule has 1 amide bonds. The smallest absolute Gasteiger partial charge is 0.294 e. The fourth-order valence-electron chi connectivity index (χ4n) is 2.90. The minimum absolute atomic E-state index is 0.189. The molecule has 0 atom stereocenters. The molecule has 2 aromatic carbocycles. The molecule has 0 saturated heterocycles. The number of nitrogens with two attached hydrogens (primary N) is 1. The van der Waals surface area contributed by atoms with Gasteiger partial charge in [-0.3, -0.25) is 14.7 Å². The monoisotopic (exact) mass is 377 g/mol. The van der Waals surface area contributed by atoms with Gasteiger partial charge in [0.2, 0.25) is 0 Å². The van der Waals surface area contributed by atoms with Gasteiger partial charge in [-0.25, -0.2) is 0 Å². The number of amides is 1. The van der Waals surface area contributed by atoms with E-state index in [1.165, 1.54) is 0 Å². The van der Waals surface area contributed by atoms with Crippen molar-refractivity contribution in [1.82, 2.24) is 4.98 Å². The van der Waals surface area contributed by atoms with Crippen LogP contribution in [0.25, 0.3) is 6.08 Å². The third kappa shape index (κ3) is 3.64. The lowest BCUT2D eigenvalue weighted by Gasteiger charge is -2.30. The zero-order valence-corrected chi connectivity index (χ0v) is 15.1. The zero-order chi connectivity index (χ0) is 18.8. The van der Waals surface area contributed by atoms with E-state index in [0.29, 0.717) is 34.4 Å². The molecule has 0 unspecified atom stereocenters. The van der Waals surface area contributed by atoms with Crippen LogP contribution < -0.4 is 15.4 Å². The Morgan fingerprint density at radius 1 is 1.11 bits per heavy atom. The summed E-state index contributed by atoms with van der Waals surface area (Å²) >= 11 is 6.09. The number of anilines is 2. The molecular formula is C21H16ClN3O2. The van der Waals surface area contributed by atoms with Crippen LogP contribution in [-0.2, 0) is 11.3 Å². The second-order valence-corrected chi connectivity index (χ2v) is 6.55. The van der Waals surface area contributed by atoms with Crippen LogP contribution in [0.5, 0.6) is 5.75 Å². The van der Waals surface area contributed by atoms with Crippen molar-refractivity contribution in [2.75, 3.05) is 10.6 Å². The van der Waals surface area contributed by atoms with Crippen LogP contribution in [0.1, 0.15) is 11.3 Å². The molecule has 0 aliphatic carbocycles. The van der Waals surface area contributed by atoms with Crippen LogP contribution in [0.15, 0.2) is 72.6 Å². The average molecular weight is 378 g/mol. The largest absolute Gasteiger partial charge is 0.449 e. The van der Waals surface area contributed by atoms with E-state index in [1.807, 2.05) is 30.3 Å². The number of fused-ring (bicyclic) bond motifs is 1. The number of nitrogen functional groups attached to an aromatic ring is 1. The molecule has 6 heteroatoms. The van der Waals surface area contributed by atoms with Gasteiger partial charge in [0.1, 0.15) is 0 Å². The van der Waals surface area contributed by atoms with E-state index in [-0.39, 0.29) is 11.7 Å². The van der Waals surface area contributed by atoms with Gasteiger partial charge in [0.15, 0.2) is 11.5 Å². The molecule has 2 N–H and O–H groups in total. The Labute approximate surface area is 161 Å². The first-order valence-corrected chi connectivity index (χ1v) is 8.74. The summed E-state index contributed by atoms with van der Waals surface area (Å²) in [5.41, 5.74) is 8.67. The van der Waals surface area contributed by atoms with E-state index in [9.17, 15) is 4.79 Å². The number of benzene rings is 2. The van der Waals surface area contributed by atoms with E-state index >= 15 is 0 Å². The predicted octanol–water partition coefficient (Wildman–Crippen LogP) is 4.28. The standard InChI is InChI=1S/C21H16ClN3O2/c22-15-5-3-4-14(10-15)13-25-18-8-7-16(23)11-19(18)27-20(21(25)26)12-17-6-1-2-9-24-17/h1-12H,13,23H2/b20-12+. The highest BCUT2D eigenvalue weighted by molar-refractivity contribution is 6.30. The summed E-state index contributed by atoms with van der Waals surface area (Å²) in [7, 11) is 0. The Kier molecular flexibility index (Phi) is 4.52. The molecule has 2 heterocycles. The van der Waals surface area contributed by atoms with Gasteiger partial charge in [-0.15, -0.1) is 0 Å². The Bertz CT molecular complexity index is 1030. The fraction of sp³-hybridized carbons (Fsp3) is 0.0476. The highest BCUT2D eigenvalue weighted by Crippen LogP contribution is 2.38. The molecule has 5 nitrogen and oxygen atoms in total. The quantitative estimate of drug-likeness (QED) is 0.546. The minimum Gasteiger partial charge on any atom is -0.449 e. The summed E-state index contributed by atoms with van der Waals surface area (Å²) in [5, 5.41) is 0.620. The first kappa shape index (κ1) is 17.1. The number of pyridine rings is 1. The SMILES string of the molecule is Nc1ccc2c(c1)O/C(=C/c1ccccn1)C(=O)N2Cc1cccc(Cl)c1. The van der Waals surface area contributed by atoms with Crippen molar-refractivity contribution in [1.29, 1.82) is 0 Å². The second kappa shape index (κ2) is 7.13. The van der Waals surface area contributed by atoms with Crippen molar-refractivity contribution >= 4 is 35.0 Å². The van der Waals surface area contributed by atoms with E-state index in [2.05, 4.69) is 4.98 Å². The van der Waals surface area contributed by atoms with Crippen LogP contribution in [0.2, 0.25) is 5.02 Å². The molecule has 0 spiro atoms. The minimum atomic E-state index is -0.252. The van der Waals surface area contributed by atoms with Crippen LogP contribution in [0.4, 0.5) is 11.4 Å². The van der Waals surface area contributed by atoms with E-state index in [4.69, 9.17) is 22.1 Å². The van der Waals surface area contributed by atoms with E-state index in [1.54, 1.807) is 47.5 Å². The van der Waals surface area contributed by atoms with Gasteiger partial charge in [0, 0.05) is 29.0 Å². The number of nitrogens with zero attached hydrogens (tertiary/aromatic N) is 2. The van der Waals surface area contributed by atoms with Gasteiger partial charge in [0.25, 0.3) is 5.91 Å². The number of halogens is 1. The average Bonchev–Trinajstić information content (AvgIpc) is 2.66. The molecule has 4 rings (SSSR count). The van der Waals surface area contributed by atoms with Crippen LogP contribution >= 0.6 is 11.6 Å². The number of ether oxygens (including phenoxy) is 1. The summed E-state index contributed by atoms with van der Waals surface area (Å²) in [5.74, 6) is 0.463. The summed E-state index contributed by atoms with van der Waals surface area (Å²) in [6, 6.07) is 18.1. The van der Waals surface area contributed by atoms with Gasteiger partial charge in [-0.05, 0) is 42.0 Å². The fourth-order valence-corrected chi connectivity index (χ4v) is 3.11. The molecule has 134 valence electrons. The van der Waals surface area contributed by atoms with Crippen molar-refractivity contribution in [3.63, 3.8) is 0 Å². The summed E-state index contributed by atoms with van der Waals surface area (Å²) in [4.78, 5) is 19.0. The lowest BCUT2D eigenvalue weighted by atomic mass is 10.1. The van der Waals surface area contributed by atoms with Gasteiger partial charge >= 0.3 is 0 Å². The molecule has 27 heavy (non-hydrogen) atoms. The molecule has 0 saturated carbocycles. The number of aromatic nitrogens is 1. The molecule has 0 fully saturated rings. The van der Waals surface area contributed by atoms with E-state index < -0.39 is 0 Å². The zero-order valence-electron chi connectivity index (χ0n) is 14.3. The maximum Gasteiger partial charge on any atom is 0.294 e. The van der Waals surface area contributed by atoms with Crippen molar-refractivity contribution in [2.45, 2.75) is 6.54 Å². The van der Waals surface area contributed by atoms with Crippen LogP contribution in [0, 0.1) is 0 Å². The number of rotatable bonds is 3. The molecule has 3 aromatic rings. The predicted molar refractivity (Wildman–Crippen MR) is 106 cm³/mol. The van der Waals surface area contributed by atoms with Gasteiger partial charge in [-0.1, -0.05) is 29.8 Å². The third-order valence-corrected chi connectivity index (χ3v) is 4.38. The van der Waals surface area contributed by atoms with Gasteiger partial charge < -0.3 is 10.5 Å². The summed E-state index contributed by atoms with van der Waals surface area (Å²) in [6.07, 6.45) is 3.29. The molecule has 1 aliphatic rings. The highest BCUT2D eigenvalue weighted by Gasteiger charge is 2.30. The molecule has 0 radical (unpaired) electrons. The maximum atomic E-state index is 13.1. The molecule has 1 aromatic heterocycles. The van der Waals surface area contributed by atoms with Crippen molar-refractivity contribution in [2.24, 2.45) is 0 Å². The first-order chi connectivity index (χ1) is 13.1. The normalized spacial score (nSPS) is 14.8. The first-order valence-electron chi connectivity index (χ1n) is 8.36. The summed E-state index contributed by atoms with van der Waals surface area (Å²) in [6.45, 7) is 0.360.